The van der Waals surface area contributed by atoms with Gasteiger partial charge < -0.3 is 10.0 Å². The van der Waals surface area contributed by atoms with Gasteiger partial charge >= 0.3 is 0 Å². The Bertz CT molecular complexity index is 322. The molecule has 1 amide bonds. The van der Waals surface area contributed by atoms with Gasteiger partial charge in [0.05, 0.1) is 18.3 Å². The molecule has 0 unspecified atom stereocenters. The topological polar surface area (TPSA) is 53.4 Å². The van der Waals surface area contributed by atoms with E-state index in [4.69, 9.17) is 5.11 Å². The summed E-state index contributed by atoms with van der Waals surface area (Å²) < 4.78 is 0. The molecule has 5 heteroatoms. The lowest BCUT2D eigenvalue weighted by Crippen LogP contribution is -2.45. The van der Waals surface area contributed by atoms with Crippen LogP contribution >= 0.6 is 11.3 Å². The number of aliphatic hydroxyl groups is 1. The highest BCUT2D eigenvalue weighted by molar-refractivity contribution is 7.11. The van der Waals surface area contributed by atoms with E-state index in [0.29, 0.717) is 17.5 Å². The van der Waals surface area contributed by atoms with Gasteiger partial charge in [-0.2, -0.15) is 0 Å². The maximum Gasteiger partial charge on any atom is 0.265 e. The fourth-order valence-corrected chi connectivity index (χ4v) is 2.29. The van der Waals surface area contributed by atoms with Gasteiger partial charge in [-0.1, -0.05) is 0 Å². The second kappa shape index (κ2) is 4.72. The van der Waals surface area contributed by atoms with Crippen molar-refractivity contribution in [1.82, 2.24) is 9.88 Å². The third-order valence-corrected chi connectivity index (χ3v) is 3.52. The minimum atomic E-state index is 0.0104. The summed E-state index contributed by atoms with van der Waals surface area (Å²) in [5.74, 6) is 0.0104. The molecule has 0 bridgehead atoms. The molecule has 1 aliphatic carbocycles. The predicted octanol–water partition coefficient (Wildman–Crippen LogP) is 1.13. The monoisotopic (exact) mass is 226 g/mol. The lowest BCUT2D eigenvalue weighted by Gasteiger charge is -2.36. The first kappa shape index (κ1) is 10.6. The molecular formula is C10H14N2O2S. The minimum Gasteiger partial charge on any atom is -0.395 e. The fraction of sp³-hybridized carbons (Fsp3) is 0.600. The molecule has 1 aromatic rings. The molecular weight excluding hydrogens is 212 g/mol. The first-order valence-corrected chi connectivity index (χ1v) is 6.01. The van der Waals surface area contributed by atoms with Gasteiger partial charge in [0.2, 0.25) is 0 Å². The average molecular weight is 226 g/mol. The number of thiazole rings is 1. The van der Waals surface area contributed by atoms with Gasteiger partial charge in [-0.05, 0) is 19.3 Å². The van der Waals surface area contributed by atoms with Crippen LogP contribution in [0.25, 0.3) is 0 Å². The number of aliphatic hydroxyl groups excluding tert-OH is 1. The van der Waals surface area contributed by atoms with Crippen LogP contribution in [-0.2, 0) is 0 Å². The van der Waals surface area contributed by atoms with Crippen LogP contribution < -0.4 is 0 Å². The van der Waals surface area contributed by atoms with Crippen LogP contribution in [0.15, 0.2) is 11.7 Å². The molecule has 0 spiro atoms. The van der Waals surface area contributed by atoms with E-state index in [1.165, 1.54) is 17.8 Å². The molecule has 0 aromatic carbocycles. The number of nitrogens with zero attached hydrogens (tertiary/aromatic N) is 2. The number of carbonyl (C=O) groups is 1. The first-order chi connectivity index (χ1) is 7.33. The average Bonchev–Trinajstić information content (AvgIpc) is 2.66. The molecule has 1 N–H and O–H groups in total. The van der Waals surface area contributed by atoms with E-state index in [1.807, 2.05) is 0 Å². The molecule has 1 saturated carbocycles. The van der Waals surface area contributed by atoms with Crippen LogP contribution in [0.3, 0.4) is 0 Å². The van der Waals surface area contributed by atoms with Crippen molar-refractivity contribution in [1.29, 1.82) is 0 Å². The summed E-state index contributed by atoms with van der Waals surface area (Å²) in [6.07, 6.45) is 4.90. The van der Waals surface area contributed by atoms with Crippen LogP contribution in [0.1, 0.15) is 28.9 Å². The van der Waals surface area contributed by atoms with Crippen LogP contribution in [0, 0.1) is 0 Å². The van der Waals surface area contributed by atoms with Gasteiger partial charge in [0, 0.05) is 12.6 Å². The van der Waals surface area contributed by atoms with Crippen molar-refractivity contribution in [3.05, 3.63) is 16.6 Å². The van der Waals surface area contributed by atoms with Crippen molar-refractivity contribution in [2.45, 2.75) is 25.3 Å². The number of amides is 1. The maximum absolute atomic E-state index is 12.0. The lowest BCUT2D eigenvalue weighted by atomic mass is 9.91. The minimum absolute atomic E-state index is 0.0104. The molecule has 2 rings (SSSR count). The molecule has 0 atom stereocenters. The standard InChI is InChI=1S/C10H14N2O2S/c13-5-4-12(8-2-1-3-8)10(14)9-6-11-7-15-9/h6-8,13H,1-5H2. The van der Waals surface area contributed by atoms with Crippen molar-refractivity contribution in [2.24, 2.45) is 0 Å². The summed E-state index contributed by atoms with van der Waals surface area (Å²) in [7, 11) is 0. The molecule has 0 radical (unpaired) electrons. The number of aromatic nitrogens is 1. The molecule has 15 heavy (non-hydrogen) atoms. The predicted molar refractivity (Wildman–Crippen MR) is 57.9 cm³/mol. The van der Waals surface area contributed by atoms with Gasteiger partial charge in [0.1, 0.15) is 4.88 Å². The largest absolute Gasteiger partial charge is 0.395 e. The van der Waals surface area contributed by atoms with E-state index in [9.17, 15) is 4.79 Å². The van der Waals surface area contributed by atoms with Crippen molar-refractivity contribution >= 4 is 17.2 Å². The Morgan fingerprint density at radius 3 is 2.93 bits per heavy atom. The zero-order valence-corrected chi connectivity index (χ0v) is 9.24. The molecule has 1 aromatic heterocycles. The van der Waals surface area contributed by atoms with Gasteiger partial charge in [-0.15, -0.1) is 11.3 Å². The molecule has 82 valence electrons. The maximum atomic E-state index is 12.0. The van der Waals surface area contributed by atoms with E-state index in [0.717, 1.165) is 12.8 Å². The molecule has 1 fully saturated rings. The molecule has 0 aliphatic heterocycles. The van der Waals surface area contributed by atoms with Crippen LogP contribution in [-0.4, -0.2) is 40.1 Å². The summed E-state index contributed by atoms with van der Waals surface area (Å²) >= 11 is 1.35. The van der Waals surface area contributed by atoms with Gasteiger partial charge in [-0.25, -0.2) is 0 Å². The Morgan fingerprint density at radius 1 is 1.67 bits per heavy atom. The molecule has 0 saturated heterocycles. The van der Waals surface area contributed by atoms with Crippen molar-refractivity contribution in [2.75, 3.05) is 13.2 Å². The number of hydrogen-bond donors (Lipinski definition) is 1. The van der Waals surface area contributed by atoms with Crippen molar-refractivity contribution < 1.29 is 9.90 Å². The van der Waals surface area contributed by atoms with E-state index in [-0.39, 0.29) is 12.5 Å². The highest BCUT2D eigenvalue weighted by atomic mass is 32.1. The number of hydrogen-bond acceptors (Lipinski definition) is 4. The van der Waals surface area contributed by atoms with Gasteiger partial charge in [0.15, 0.2) is 0 Å². The molecule has 4 nitrogen and oxygen atoms in total. The first-order valence-electron chi connectivity index (χ1n) is 5.13. The van der Waals surface area contributed by atoms with Crippen LogP contribution in [0.4, 0.5) is 0 Å². The SMILES string of the molecule is O=C(c1cncs1)N(CCO)C1CCC1. The van der Waals surface area contributed by atoms with Crippen LogP contribution in [0.2, 0.25) is 0 Å². The van der Waals surface area contributed by atoms with Gasteiger partial charge in [-0.3, -0.25) is 9.78 Å². The summed E-state index contributed by atoms with van der Waals surface area (Å²) in [4.78, 5) is 18.4. The molecule has 1 aliphatic rings. The quantitative estimate of drug-likeness (QED) is 0.837. The van der Waals surface area contributed by atoms with Gasteiger partial charge in [0.25, 0.3) is 5.91 Å². The third kappa shape index (κ3) is 2.18. The molecule has 1 heterocycles. The summed E-state index contributed by atoms with van der Waals surface area (Å²) in [6, 6.07) is 0.326. The smallest absolute Gasteiger partial charge is 0.265 e. The number of rotatable bonds is 4. The summed E-state index contributed by atoms with van der Waals surface area (Å²) in [5.41, 5.74) is 1.66. The van der Waals surface area contributed by atoms with Crippen LogP contribution in [0.5, 0.6) is 0 Å². The lowest BCUT2D eigenvalue weighted by molar-refractivity contribution is 0.0530. The van der Waals surface area contributed by atoms with Crippen molar-refractivity contribution in [3.8, 4) is 0 Å². The zero-order chi connectivity index (χ0) is 10.7. The summed E-state index contributed by atoms with van der Waals surface area (Å²) in [6.45, 7) is 0.461. The van der Waals surface area contributed by atoms with E-state index < -0.39 is 0 Å². The van der Waals surface area contributed by atoms with E-state index in [2.05, 4.69) is 4.98 Å². The second-order valence-corrected chi connectivity index (χ2v) is 4.56. The Labute approximate surface area is 92.6 Å². The van der Waals surface area contributed by atoms with E-state index in [1.54, 1.807) is 16.6 Å². The van der Waals surface area contributed by atoms with E-state index >= 15 is 0 Å². The number of carbonyl (C=O) groups excluding carboxylic acids is 1. The summed E-state index contributed by atoms with van der Waals surface area (Å²) in [5, 5.41) is 8.95. The normalized spacial score (nSPS) is 16.1. The fourth-order valence-electron chi connectivity index (χ4n) is 1.72. The Kier molecular flexibility index (Phi) is 3.33. The zero-order valence-electron chi connectivity index (χ0n) is 8.43. The third-order valence-electron chi connectivity index (χ3n) is 2.76. The Morgan fingerprint density at radius 2 is 2.47 bits per heavy atom. The Balaban J connectivity index is 2.06. The van der Waals surface area contributed by atoms with Crippen molar-refractivity contribution in [3.63, 3.8) is 0 Å². The Hall–Kier alpha value is -0.940. The second-order valence-electron chi connectivity index (χ2n) is 3.67. The highest BCUT2D eigenvalue weighted by Crippen LogP contribution is 2.26. The highest BCUT2D eigenvalue weighted by Gasteiger charge is 2.29.